The Morgan fingerprint density at radius 1 is 1.12 bits per heavy atom. The maximum absolute atomic E-state index is 12.4. The van der Waals surface area contributed by atoms with Crippen molar-refractivity contribution in [2.45, 2.75) is 0 Å². The van der Waals surface area contributed by atoms with Crippen LogP contribution >= 0.6 is 0 Å². The van der Waals surface area contributed by atoms with Crippen LogP contribution in [0.15, 0.2) is 36.4 Å². The van der Waals surface area contributed by atoms with Crippen LogP contribution in [-0.2, 0) is 0 Å². The largest absolute Gasteiger partial charge is 0.692 e. The number of fused-ring (bicyclic) bond motifs is 1. The molecule has 0 saturated carbocycles. The van der Waals surface area contributed by atoms with E-state index in [1.807, 2.05) is 0 Å². The number of rotatable bonds is 4. The third-order valence-corrected chi connectivity index (χ3v) is 3.34. The fourth-order valence-electron chi connectivity index (χ4n) is 2.20. The van der Waals surface area contributed by atoms with Gasteiger partial charge in [0.1, 0.15) is 11.4 Å². The Morgan fingerprint density at radius 3 is 2.33 bits per heavy atom. The normalized spacial score (nSPS) is 10.7. The van der Waals surface area contributed by atoms with Gasteiger partial charge in [0.2, 0.25) is 5.52 Å². The number of nitrogens with zero attached hydrogens (tertiary/aromatic N) is 5. The van der Waals surface area contributed by atoms with E-state index in [0.717, 1.165) is 16.9 Å². The minimum absolute atomic E-state index is 0.239. The molecule has 3 rings (SSSR count). The van der Waals surface area contributed by atoms with Gasteiger partial charge in [0, 0.05) is 0 Å². The molecule has 0 fully saturated rings. The van der Waals surface area contributed by atoms with E-state index >= 15 is 0 Å². The van der Waals surface area contributed by atoms with Crippen molar-refractivity contribution in [2.75, 3.05) is 7.11 Å². The molecule has 0 atom stereocenters. The highest BCUT2D eigenvalue weighted by molar-refractivity contribution is 5.84. The molecule has 1 heterocycles. The van der Waals surface area contributed by atoms with Gasteiger partial charge < -0.3 is 9.94 Å². The number of hydrogen-bond donors (Lipinski definition) is 0. The summed E-state index contributed by atoms with van der Waals surface area (Å²) in [6.07, 6.45) is 0. The van der Waals surface area contributed by atoms with Gasteiger partial charge in [-0.3, -0.25) is 20.2 Å². The monoisotopic (exact) mass is 331 g/mol. The van der Waals surface area contributed by atoms with E-state index in [9.17, 15) is 25.4 Å². The second-order valence-corrected chi connectivity index (χ2v) is 4.71. The zero-order chi connectivity index (χ0) is 17.4. The minimum atomic E-state index is -0.819. The third kappa shape index (κ3) is 2.33. The summed E-state index contributed by atoms with van der Waals surface area (Å²) in [6, 6.07) is 7.94. The number of benzene rings is 2. The van der Waals surface area contributed by atoms with Crippen LogP contribution in [0.25, 0.3) is 16.7 Å². The van der Waals surface area contributed by atoms with E-state index in [1.54, 1.807) is 12.1 Å². The minimum Gasteiger partial charge on any atom is -0.692 e. The molecule has 122 valence electrons. The predicted molar refractivity (Wildman–Crippen MR) is 79.9 cm³/mol. The van der Waals surface area contributed by atoms with Crippen LogP contribution < -0.4 is 9.58 Å². The molecule has 2 aromatic carbocycles. The molecule has 24 heavy (non-hydrogen) atoms. The number of non-ortho nitro benzene ring substituents is 2. The number of ether oxygens (including phenoxy) is 1. The van der Waals surface area contributed by atoms with Gasteiger partial charge in [0.25, 0.3) is 5.69 Å². The topological polar surface area (TPSA) is 140 Å². The summed E-state index contributed by atoms with van der Waals surface area (Å²) in [5.74, 6) is 0.550. The number of aromatic nitrogens is 3. The highest BCUT2D eigenvalue weighted by atomic mass is 16.6. The van der Waals surface area contributed by atoms with Gasteiger partial charge >= 0.3 is 11.2 Å². The smallest absolute Gasteiger partial charge is 0.334 e. The maximum Gasteiger partial charge on any atom is 0.334 e. The molecule has 0 spiro atoms. The van der Waals surface area contributed by atoms with Crippen LogP contribution in [-0.4, -0.2) is 26.9 Å². The molecule has 0 bridgehead atoms. The summed E-state index contributed by atoms with van der Waals surface area (Å²) < 4.78 is 5.01. The Balaban J connectivity index is 2.27. The lowest BCUT2D eigenvalue weighted by molar-refractivity contribution is -0.664. The molecular weight excluding hydrogens is 322 g/mol. The lowest BCUT2D eigenvalue weighted by Crippen LogP contribution is -2.37. The fraction of sp³-hybridized carbons (Fsp3) is 0.0769. The van der Waals surface area contributed by atoms with E-state index < -0.39 is 21.2 Å². The predicted octanol–water partition coefficient (Wildman–Crippen LogP) is 1.48. The molecular formula is C13H9N5O6. The molecule has 0 amide bonds. The first-order valence-corrected chi connectivity index (χ1v) is 6.52. The van der Waals surface area contributed by atoms with Crippen LogP contribution in [0.1, 0.15) is 0 Å². The lowest BCUT2D eigenvalue weighted by Gasteiger charge is -2.04. The molecule has 3 aromatic rings. The summed E-state index contributed by atoms with van der Waals surface area (Å²) in [7, 11) is 1.48. The zero-order valence-corrected chi connectivity index (χ0v) is 12.1. The zero-order valence-electron chi connectivity index (χ0n) is 12.1. The molecule has 0 aliphatic carbocycles. The molecule has 0 aliphatic heterocycles. The van der Waals surface area contributed by atoms with E-state index in [4.69, 9.17) is 4.74 Å². The van der Waals surface area contributed by atoms with Gasteiger partial charge in [0.15, 0.2) is 0 Å². The number of nitro benzene ring substituents is 2. The maximum atomic E-state index is 12.4. The fourth-order valence-corrected chi connectivity index (χ4v) is 2.20. The first-order valence-electron chi connectivity index (χ1n) is 6.52. The van der Waals surface area contributed by atoms with Crippen molar-refractivity contribution < 1.29 is 19.4 Å². The molecule has 0 aliphatic rings. The second-order valence-electron chi connectivity index (χ2n) is 4.71. The Bertz CT molecular complexity index is 965. The number of hydrogen-bond acceptors (Lipinski definition) is 7. The molecule has 0 saturated heterocycles. The van der Waals surface area contributed by atoms with E-state index in [-0.39, 0.29) is 15.9 Å². The molecule has 0 N–H and O–H groups in total. The molecule has 11 nitrogen and oxygen atoms in total. The summed E-state index contributed by atoms with van der Waals surface area (Å²) in [4.78, 5) is 21.6. The van der Waals surface area contributed by atoms with Gasteiger partial charge in [-0.15, -0.1) is 4.85 Å². The molecule has 11 heteroatoms. The van der Waals surface area contributed by atoms with Crippen LogP contribution in [0.2, 0.25) is 0 Å². The average molecular weight is 331 g/mol. The number of nitro groups is 2. The van der Waals surface area contributed by atoms with E-state index in [2.05, 4.69) is 5.10 Å². The Hall–Kier alpha value is -3.76. The molecule has 0 unspecified atom stereocenters. The second kappa shape index (κ2) is 5.46. The van der Waals surface area contributed by atoms with Gasteiger partial charge in [-0.05, 0) is 29.1 Å². The first-order chi connectivity index (χ1) is 11.4. The van der Waals surface area contributed by atoms with Crippen molar-refractivity contribution in [2.24, 2.45) is 0 Å². The van der Waals surface area contributed by atoms with Crippen molar-refractivity contribution >= 4 is 22.4 Å². The highest BCUT2D eigenvalue weighted by Gasteiger charge is 2.30. The summed E-state index contributed by atoms with van der Waals surface area (Å²) in [5.41, 5.74) is -1.37. The highest BCUT2D eigenvalue weighted by Crippen LogP contribution is 2.28. The van der Waals surface area contributed by atoms with Crippen molar-refractivity contribution in [1.82, 2.24) is 9.90 Å². The van der Waals surface area contributed by atoms with Gasteiger partial charge in [-0.2, -0.15) is 0 Å². The van der Waals surface area contributed by atoms with Crippen LogP contribution in [0.3, 0.4) is 0 Å². The quantitative estimate of drug-likeness (QED) is 0.305. The van der Waals surface area contributed by atoms with E-state index in [1.165, 1.54) is 19.2 Å². The third-order valence-electron chi connectivity index (χ3n) is 3.34. The van der Waals surface area contributed by atoms with Crippen LogP contribution in [0, 0.1) is 25.4 Å². The van der Waals surface area contributed by atoms with E-state index in [0.29, 0.717) is 11.4 Å². The van der Waals surface area contributed by atoms with Crippen molar-refractivity contribution in [1.29, 1.82) is 0 Å². The van der Waals surface area contributed by atoms with Gasteiger partial charge in [-0.25, -0.2) is 0 Å². The van der Waals surface area contributed by atoms with Crippen molar-refractivity contribution in [3.05, 3.63) is 61.8 Å². The van der Waals surface area contributed by atoms with Crippen molar-refractivity contribution in [3.63, 3.8) is 0 Å². The van der Waals surface area contributed by atoms with Crippen LogP contribution in [0.4, 0.5) is 11.4 Å². The Morgan fingerprint density at radius 2 is 1.79 bits per heavy atom. The molecule has 0 radical (unpaired) electrons. The van der Waals surface area contributed by atoms with Gasteiger partial charge in [-0.1, -0.05) is 0 Å². The number of methoxy groups -OCH3 is 1. The lowest BCUT2D eigenvalue weighted by atomic mass is 10.2. The summed E-state index contributed by atoms with van der Waals surface area (Å²) >= 11 is 0. The average Bonchev–Trinajstić information content (AvgIpc) is 2.91. The Labute approximate surface area is 133 Å². The van der Waals surface area contributed by atoms with Crippen molar-refractivity contribution in [3.8, 4) is 11.4 Å². The van der Waals surface area contributed by atoms with Crippen LogP contribution in [0.5, 0.6) is 5.75 Å². The first kappa shape index (κ1) is 15.1. The Kier molecular flexibility index (Phi) is 3.45. The summed E-state index contributed by atoms with van der Waals surface area (Å²) in [6.45, 7) is 0. The standard InChI is InChI=1S/C13H9N5O6/c1-24-10-4-2-8(3-5-10)15-14-13-11(16(15)19)6-9(17(20)21)7-12(13)18(22)23/h2-7H,1H3. The van der Waals surface area contributed by atoms with Gasteiger partial charge in [0.05, 0.1) is 34.2 Å². The SMILES string of the molecule is COc1ccc(-n2nc3c([N+](=O)[O-])cc([N+](=O)[O-])cc3[n+]2[O-])cc1. The summed E-state index contributed by atoms with van der Waals surface area (Å²) in [5, 5.41) is 38.3. The molecule has 1 aromatic heterocycles.